The Bertz CT molecular complexity index is 981. The quantitative estimate of drug-likeness (QED) is 0.249. The number of hydrogen-bond acceptors (Lipinski definition) is 4. The van der Waals surface area contributed by atoms with Crippen LogP contribution in [0.25, 0.3) is 0 Å². The van der Waals surface area contributed by atoms with E-state index in [1.54, 1.807) is 26.8 Å². The van der Waals surface area contributed by atoms with E-state index < -0.39 is 29.4 Å². The monoisotopic (exact) mass is 487 g/mol. The summed E-state index contributed by atoms with van der Waals surface area (Å²) < 4.78 is 12.3. The highest BCUT2D eigenvalue weighted by Gasteiger charge is 2.39. The van der Waals surface area contributed by atoms with Gasteiger partial charge in [0.05, 0.1) is 18.8 Å². The first kappa shape index (κ1) is 27.2. The van der Waals surface area contributed by atoms with Crippen molar-refractivity contribution in [3.8, 4) is 0 Å². The number of aliphatic hydroxyl groups excluding tert-OH is 1. The number of allylic oxidation sites excluding steroid dienone is 1. The summed E-state index contributed by atoms with van der Waals surface area (Å²) in [5, 5.41) is 13.8. The minimum Gasteiger partial charge on any atom is -0.444 e. The number of aliphatic hydroxyl groups is 1. The molecule has 36 heavy (non-hydrogen) atoms. The van der Waals surface area contributed by atoms with Crippen molar-refractivity contribution in [2.24, 2.45) is 0 Å². The second-order valence-corrected chi connectivity index (χ2v) is 9.78. The van der Waals surface area contributed by atoms with Gasteiger partial charge < -0.3 is 19.9 Å². The average Bonchev–Trinajstić information content (AvgIpc) is 2.87. The number of ether oxygens (including phenoxy) is 2. The molecule has 1 amide bonds. The second-order valence-electron chi connectivity index (χ2n) is 9.78. The second kappa shape index (κ2) is 12.5. The molecular formula is C31H37NO4. The Balaban J connectivity index is 2.03. The van der Waals surface area contributed by atoms with Gasteiger partial charge in [-0.3, -0.25) is 0 Å². The van der Waals surface area contributed by atoms with E-state index in [0.717, 1.165) is 16.7 Å². The van der Waals surface area contributed by atoms with Crippen LogP contribution in [0, 0.1) is 0 Å². The number of amides is 1. The molecule has 0 aromatic heterocycles. The van der Waals surface area contributed by atoms with Gasteiger partial charge in [0.1, 0.15) is 11.2 Å². The summed E-state index contributed by atoms with van der Waals surface area (Å²) in [6, 6.07) is 29.3. The summed E-state index contributed by atoms with van der Waals surface area (Å²) in [4.78, 5) is 12.7. The third-order valence-corrected chi connectivity index (χ3v) is 5.85. The lowest BCUT2D eigenvalue weighted by molar-refractivity contribution is -0.0283. The minimum absolute atomic E-state index is 0.0518. The summed E-state index contributed by atoms with van der Waals surface area (Å²) in [6.45, 7) is 9.21. The number of benzene rings is 3. The molecule has 3 rings (SSSR count). The van der Waals surface area contributed by atoms with Crippen LogP contribution >= 0.6 is 0 Å². The van der Waals surface area contributed by atoms with Crippen molar-refractivity contribution in [2.45, 2.75) is 57.0 Å². The molecule has 0 unspecified atom stereocenters. The molecule has 2 atom stereocenters. The van der Waals surface area contributed by atoms with E-state index in [9.17, 15) is 9.90 Å². The van der Waals surface area contributed by atoms with Gasteiger partial charge in [-0.2, -0.15) is 0 Å². The molecule has 0 saturated carbocycles. The van der Waals surface area contributed by atoms with Crippen LogP contribution in [-0.2, 0) is 15.1 Å². The lowest BCUT2D eigenvalue weighted by Gasteiger charge is -2.38. The van der Waals surface area contributed by atoms with Gasteiger partial charge in [0.25, 0.3) is 0 Å². The average molecular weight is 488 g/mol. The van der Waals surface area contributed by atoms with Gasteiger partial charge in [-0.1, -0.05) is 97.1 Å². The molecule has 0 radical (unpaired) electrons. The Labute approximate surface area is 214 Å². The Morgan fingerprint density at radius 2 is 1.33 bits per heavy atom. The van der Waals surface area contributed by atoms with Crippen LogP contribution in [0.5, 0.6) is 0 Å². The zero-order valence-electron chi connectivity index (χ0n) is 21.4. The van der Waals surface area contributed by atoms with Gasteiger partial charge in [0.15, 0.2) is 0 Å². The van der Waals surface area contributed by atoms with Crippen molar-refractivity contribution >= 4 is 6.09 Å². The van der Waals surface area contributed by atoms with Gasteiger partial charge in [-0.25, -0.2) is 4.79 Å². The van der Waals surface area contributed by atoms with Crippen molar-refractivity contribution in [3.63, 3.8) is 0 Å². The number of hydrogen-bond donors (Lipinski definition) is 2. The Hall–Kier alpha value is -3.41. The molecule has 0 bridgehead atoms. The molecule has 0 aliphatic carbocycles. The summed E-state index contributed by atoms with van der Waals surface area (Å²) in [6.07, 6.45) is 1.34. The number of alkyl carbamates (subject to hydrolysis) is 1. The number of carbonyl (C=O) groups excluding carboxylic acids is 1. The molecule has 0 spiro atoms. The Morgan fingerprint density at radius 3 is 1.72 bits per heavy atom. The molecule has 0 heterocycles. The van der Waals surface area contributed by atoms with Crippen LogP contribution in [0.3, 0.4) is 0 Å². The SMILES string of the molecule is C=CCC[C@H](O)[C@@H](COC(c1ccccc1)(c1ccccc1)c1ccccc1)NC(=O)OC(C)(C)C. The van der Waals surface area contributed by atoms with Gasteiger partial charge in [-0.05, 0) is 50.3 Å². The third-order valence-electron chi connectivity index (χ3n) is 5.85. The van der Waals surface area contributed by atoms with E-state index in [-0.39, 0.29) is 6.61 Å². The Morgan fingerprint density at radius 1 is 0.889 bits per heavy atom. The molecule has 2 N–H and O–H groups in total. The fraction of sp³-hybridized carbons (Fsp3) is 0.323. The topological polar surface area (TPSA) is 67.8 Å². The molecule has 3 aromatic carbocycles. The number of rotatable bonds is 11. The first-order valence-corrected chi connectivity index (χ1v) is 12.4. The predicted octanol–water partition coefficient (Wildman–Crippen LogP) is 6.22. The van der Waals surface area contributed by atoms with Crippen LogP contribution in [0.15, 0.2) is 104 Å². The van der Waals surface area contributed by atoms with Crippen molar-refractivity contribution in [1.82, 2.24) is 5.32 Å². The van der Waals surface area contributed by atoms with Gasteiger partial charge >= 0.3 is 6.09 Å². The highest BCUT2D eigenvalue weighted by Crippen LogP contribution is 2.40. The fourth-order valence-electron chi connectivity index (χ4n) is 4.18. The van der Waals surface area contributed by atoms with Gasteiger partial charge in [0.2, 0.25) is 0 Å². The van der Waals surface area contributed by atoms with E-state index in [2.05, 4.69) is 11.9 Å². The molecule has 5 heteroatoms. The van der Waals surface area contributed by atoms with Crippen LogP contribution in [-0.4, -0.2) is 35.6 Å². The van der Waals surface area contributed by atoms with Crippen molar-refractivity contribution in [3.05, 3.63) is 120 Å². The van der Waals surface area contributed by atoms with E-state index >= 15 is 0 Å². The maximum atomic E-state index is 12.7. The summed E-state index contributed by atoms with van der Waals surface area (Å²) in [5.74, 6) is 0. The smallest absolute Gasteiger partial charge is 0.408 e. The fourth-order valence-corrected chi connectivity index (χ4v) is 4.18. The molecular weight excluding hydrogens is 450 g/mol. The van der Waals surface area contributed by atoms with Crippen LogP contribution < -0.4 is 5.32 Å². The maximum Gasteiger partial charge on any atom is 0.408 e. The predicted molar refractivity (Wildman–Crippen MR) is 144 cm³/mol. The van der Waals surface area contributed by atoms with E-state index in [1.165, 1.54) is 0 Å². The van der Waals surface area contributed by atoms with E-state index in [0.29, 0.717) is 12.8 Å². The summed E-state index contributed by atoms with van der Waals surface area (Å²) >= 11 is 0. The molecule has 0 aliphatic rings. The summed E-state index contributed by atoms with van der Waals surface area (Å²) in [7, 11) is 0. The third kappa shape index (κ3) is 7.06. The van der Waals surface area contributed by atoms with E-state index in [4.69, 9.17) is 9.47 Å². The zero-order valence-corrected chi connectivity index (χ0v) is 21.4. The minimum atomic E-state index is -0.963. The van der Waals surface area contributed by atoms with Crippen LogP contribution in [0.1, 0.15) is 50.3 Å². The van der Waals surface area contributed by atoms with Crippen molar-refractivity contribution in [2.75, 3.05) is 6.61 Å². The van der Waals surface area contributed by atoms with Crippen molar-refractivity contribution in [1.29, 1.82) is 0 Å². The first-order chi connectivity index (χ1) is 17.3. The molecule has 5 nitrogen and oxygen atoms in total. The van der Waals surface area contributed by atoms with Gasteiger partial charge in [-0.15, -0.1) is 6.58 Å². The largest absolute Gasteiger partial charge is 0.444 e. The highest BCUT2D eigenvalue weighted by atomic mass is 16.6. The zero-order chi connectivity index (χ0) is 26.0. The van der Waals surface area contributed by atoms with Crippen LogP contribution in [0.4, 0.5) is 4.79 Å². The molecule has 3 aromatic rings. The molecule has 190 valence electrons. The lowest BCUT2D eigenvalue weighted by Crippen LogP contribution is -2.50. The molecule has 0 aliphatic heterocycles. The standard InChI is InChI=1S/C31H37NO4/c1-5-6-22-28(33)27(32-29(34)36-30(2,3)4)23-35-31(24-16-10-7-11-17-24,25-18-12-8-13-19-25)26-20-14-9-15-21-26/h5,7-21,27-28,33H,1,6,22-23H2,2-4H3,(H,32,34)/t27-,28+/m1/s1. The Kier molecular flexibility index (Phi) is 9.45. The molecule has 0 saturated heterocycles. The van der Waals surface area contributed by atoms with Crippen LogP contribution in [0.2, 0.25) is 0 Å². The maximum absolute atomic E-state index is 12.7. The number of nitrogens with one attached hydrogen (secondary N) is 1. The first-order valence-electron chi connectivity index (χ1n) is 12.4. The molecule has 0 fully saturated rings. The van der Waals surface area contributed by atoms with E-state index in [1.807, 2.05) is 91.0 Å². The number of carbonyl (C=O) groups is 1. The normalized spacial score (nSPS) is 13.4. The highest BCUT2D eigenvalue weighted by molar-refractivity contribution is 5.68. The summed E-state index contributed by atoms with van der Waals surface area (Å²) in [5.41, 5.74) is 1.20. The van der Waals surface area contributed by atoms with Gasteiger partial charge in [0, 0.05) is 0 Å². The van der Waals surface area contributed by atoms with Crippen molar-refractivity contribution < 1.29 is 19.4 Å². The lowest BCUT2D eigenvalue weighted by atomic mass is 9.80.